The summed E-state index contributed by atoms with van der Waals surface area (Å²) in [7, 11) is 0. The molecule has 0 aliphatic rings. The molecule has 3 aromatic rings. The van der Waals surface area contributed by atoms with Crippen molar-refractivity contribution in [1.82, 2.24) is 0 Å². The first-order valence-electron chi connectivity index (χ1n) is 6.61. The third-order valence-electron chi connectivity index (χ3n) is 3.35. The van der Waals surface area contributed by atoms with Gasteiger partial charge in [-0.05, 0) is 19.1 Å². The van der Waals surface area contributed by atoms with Crippen molar-refractivity contribution in [2.75, 3.05) is 0 Å². The minimum absolute atomic E-state index is 0.0789. The fourth-order valence-electron chi connectivity index (χ4n) is 2.24. The monoisotopic (exact) mass is 315 g/mol. The van der Waals surface area contributed by atoms with Gasteiger partial charge in [-0.15, -0.1) is 0 Å². The van der Waals surface area contributed by atoms with Gasteiger partial charge in [0.1, 0.15) is 11.4 Å². The number of furan rings is 1. The first kappa shape index (κ1) is 14.7. The first-order valence-corrected chi connectivity index (χ1v) is 6.61. The number of rotatable bonds is 3. The van der Waals surface area contributed by atoms with Crippen LogP contribution in [-0.2, 0) is 0 Å². The van der Waals surface area contributed by atoms with E-state index in [1.807, 2.05) is 0 Å². The number of hydrogen-bond donors (Lipinski definition) is 0. The van der Waals surface area contributed by atoms with Crippen molar-refractivity contribution in [3.8, 4) is 5.75 Å². The molecule has 3 rings (SSSR count). The van der Waals surface area contributed by atoms with Crippen molar-refractivity contribution >= 4 is 22.6 Å². The molecular formula is C16H10FNO5. The molecule has 0 aliphatic heterocycles. The molecule has 1 aromatic heterocycles. The maximum absolute atomic E-state index is 13.3. The van der Waals surface area contributed by atoms with E-state index in [0.29, 0.717) is 11.1 Å². The summed E-state index contributed by atoms with van der Waals surface area (Å²) >= 11 is 0. The first-order chi connectivity index (χ1) is 11.0. The number of halogens is 1. The Bertz CT molecular complexity index is 931. The molecule has 0 saturated carbocycles. The van der Waals surface area contributed by atoms with Gasteiger partial charge in [-0.1, -0.05) is 18.2 Å². The normalized spacial score (nSPS) is 10.7. The molecule has 116 valence electrons. The van der Waals surface area contributed by atoms with Crippen molar-refractivity contribution in [3.05, 3.63) is 69.7 Å². The average Bonchev–Trinajstić information content (AvgIpc) is 2.85. The second-order valence-electron chi connectivity index (χ2n) is 4.81. The number of benzene rings is 2. The van der Waals surface area contributed by atoms with Crippen LogP contribution in [0.5, 0.6) is 5.75 Å². The Morgan fingerprint density at radius 1 is 1.26 bits per heavy atom. The molecule has 0 aliphatic carbocycles. The summed E-state index contributed by atoms with van der Waals surface area (Å²) in [5, 5.41) is 11.7. The van der Waals surface area contributed by atoms with Gasteiger partial charge in [0.15, 0.2) is 0 Å². The molecule has 0 atom stereocenters. The Morgan fingerprint density at radius 3 is 2.70 bits per heavy atom. The summed E-state index contributed by atoms with van der Waals surface area (Å²) in [5.41, 5.74) is 0.531. The topological polar surface area (TPSA) is 82.6 Å². The Kier molecular flexibility index (Phi) is 3.53. The number of carbonyl (C=O) groups is 1. The quantitative estimate of drug-likeness (QED) is 0.316. The highest BCUT2D eigenvalue weighted by atomic mass is 19.1. The number of esters is 1. The number of nitro groups is 1. The predicted molar refractivity (Wildman–Crippen MR) is 79.0 cm³/mol. The van der Waals surface area contributed by atoms with E-state index in [1.54, 1.807) is 31.2 Å². The number of fused-ring (bicyclic) bond motifs is 1. The van der Waals surface area contributed by atoms with Crippen LogP contribution < -0.4 is 4.74 Å². The van der Waals surface area contributed by atoms with Gasteiger partial charge in [-0.25, -0.2) is 9.18 Å². The summed E-state index contributed by atoms with van der Waals surface area (Å²) in [6.45, 7) is 1.67. The molecule has 0 N–H and O–H groups in total. The summed E-state index contributed by atoms with van der Waals surface area (Å²) in [5.74, 6) is -2.23. The van der Waals surface area contributed by atoms with Gasteiger partial charge in [-0.3, -0.25) is 10.1 Å². The number of aryl methyl sites for hydroxylation is 1. The molecule has 7 heteroatoms. The fraction of sp³-hybridized carbons (Fsp3) is 0.0625. The van der Waals surface area contributed by atoms with Crippen LogP contribution in [0.1, 0.15) is 16.1 Å². The molecule has 0 spiro atoms. The van der Waals surface area contributed by atoms with Crippen LogP contribution in [0.25, 0.3) is 11.0 Å². The van der Waals surface area contributed by atoms with Gasteiger partial charge >= 0.3 is 11.7 Å². The molecular weight excluding hydrogens is 305 g/mol. The van der Waals surface area contributed by atoms with Gasteiger partial charge < -0.3 is 9.15 Å². The minimum atomic E-state index is -0.924. The third kappa shape index (κ3) is 2.64. The molecule has 0 fully saturated rings. The van der Waals surface area contributed by atoms with Crippen molar-refractivity contribution < 1.29 is 23.3 Å². The summed E-state index contributed by atoms with van der Waals surface area (Å²) in [6, 6.07) is 9.63. The van der Waals surface area contributed by atoms with E-state index >= 15 is 0 Å². The van der Waals surface area contributed by atoms with Gasteiger partial charge in [-0.2, -0.15) is 0 Å². The van der Waals surface area contributed by atoms with Crippen LogP contribution in [0.15, 0.2) is 46.9 Å². The molecule has 1 heterocycles. The summed E-state index contributed by atoms with van der Waals surface area (Å²) in [4.78, 5) is 22.4. The highest BCUT2D eigenvalue weighted by Crippen LogP contribution is 2.30. The maximum atomic E-state index is 13.3. The molecule has 2 aromatic carbocycles. The highest BCUT2D eigenvalue weighted by molar-refractivity contribution is 5.97. The van der Waals surface area contributed by atoms with E-state index in [2.05, 4.69) is 0 Å². The second-order valence-corrected chi connectivity index (χ2v) is 4.81. The predicted octanol–water partition coefficient (Wildman–Crippen LogP) is 4.01. The summed E-state index contributed by atoms with van der Waals surface area (Å²) in [6.07, 6.45) is 0. The van der Waals surface area contributed by atoms with E-state index in [4.69, 9.17) is 9.15 Å². The lowest BCUT2D eigenvalue weighted by Gasteiger charge is -2.04. The minimum Gasteiger partial charge on any atom is -0.449 e. The summed E-state index contributed by atoms with van der Waals surface area (Å²) < 4.78 is 23.7. The van der Waals surface area contributed by atoms with E-state index in [0.717, 1.165) is 23.6 Å². The molecule has 0 amide bonds. The van der Waals surface area contributed by atoms with Crippen LogP contribution in [0.4, 0.5) is 10.1 Å². The van der Waals surface area contributed by atoms with E-state index in [-0.39, 0.29) is 5.76 Å². The van der Waals surface area contributed by atoms with E-state index in [9.17, 15) is 19.3 Å². The van der Waals surface area contributed by atoms with Crippen molar-refractivity contribution in [2.24, 2.45) is 0 Å². The van der Waals surface area contributed by atoms with Crippen LogP contribution in [0, 0.1) is 22.9 Å². The van der Waals surface area contributed by atoms with E-state index < -0.39 is 28.1 Å². The largest absolute Gasteiger partial charge is 0.449 e. The zero-order valence-corrected chi connectivity index (χ0v) is 11.9. The maximum Gasteiger partial charge on any atom is 0.380 e. The van der Waals surface area contributed by atoms with Crippen LogP contribution in [0.3, 0.4) is 0 Å². The average molecular weight is 315 g/mol. The fourth-order valence-corrected chi connectivity index (χ4v) is 2.24. The van der Waals surface area contributed by atoms with Gasteiger partial charge in [0.2, 0.25) is 11.5 Å². The second kappa shape index (κ2) is 5.53. The third-order valence-corrected chi connectivity index (χ3v) is 3.35. The molecule has 0 bridgehead atoms. The Balaban J connectivity index is 2.00. The Hall–Kier alpha value is -3.22. The molecule has 6 nitrogen and oxygen atoms in total. The standard InChI is InChI=1S/C16H10FNO5/c1-9-11-4-2-3-5-13(11)22-15(9)16(19)23-14-8-10(17)6-7-12(14)18(20)21/h2-8H,1H3. The number of para-hydroxylation sites is 1. The number of nitro benzene ring substituents is 1. The lowest BCUT2D eigenvalue weighted by atomic mass is 10.1. The number of hydrogen-bond acceptors (Lipinski definition) is 5. The van der Waals surface area contributed by atoms with Crippen molar-refractivity contribution in [1.29, 1.82) is 0 Å². The number of carbonyl (C=O) groups excluding carboxylic acids is 1. The van der Waals surface area contributed by atoms with Gasteiger partial charge in [0.25, 0.3) is 0 Å². The lowest BCUT2D eigenvalue weighted by molar-refractivity contribution is -0.385. The molecule has 0 radical (unpaired) electrons. The Labute approximate surface area is 129 Å². The lowest BCUT2D eigenvalue weighted by Crippen LogP contribution is -2.10. The molecule has 0 saturated heterocycles. The smallest absolute Gasteiger partial charge is 0.380 e. The number of ether oxygens (including phenoxy) is 1. The highest BCUT2D eigenvalue weighted by Gasteiger charge is 2.24. The van der Waals surface area contributed by atoms with Crippen molar-refractivity contribution in [3.63, 3.8) is 0 Å². The Morgan fingerprint density at radius 2 is 2.00 bits per heavy atom. The van der Waals surface area contributed by atoms with Crippen LogP contribution in [0.2, 0.25) is 0 Å². The number of nitrogens with zero attached hydrogens (tertiary/aromatic N) is 1. The van der Waals surface area contributed by atoms with Gasteiger partial charge in [0, 0.05) is 23.1 Å². The van der Waals surface area contributed by atoms with Crippen LogP contribution in [-0.4, -0.2) is 10.9 Å². The van der Waals surface area contributed by atoms with Gasteiger partial charge in [0.05, 0.1) is 4.92 Å². The van der Waals surface area contributed by atoms with Crippen molar-refractivity contribution in [2.45, 2.75) is 6.92 Å². The molecule has 23 heavy (non-hydrogen) atoms. The zero-order chi connectivity index (χ0) is 16.6. The molecule has 0 unspecified atom stereocenters. The SMILES string of the molecule is Cc1c(C(=O)Oc2cc(F)ccc2[N+](=O)[O-])oc2ccccc12. The van der Waals surface area contributed by atoms with E-state index in [1.165, 1.54) is 0 Å². The van der Waals surface area contributed by atoms with Crippen LogP contribution >= 0.6 is 0 Å². The zero-order valence-electron chi connectivity index (χ0n) is 11.9.